The molecule has 45 heavy (non-hydrogen) atoms. The third kappa shape index (κ3) is 8.07. The third-order valence-corrected chi connectivity index (χ3v) is 7.86. The number of benzene rings is 4. The largest absolute Gasteiger partial charge is 0.481 e. The normalized spacial score (nSPS) is 11.5. The van der Waals surface area contributed by atoms with Crippen molar-refractivity contribution in [2.24, 2.45) is 11.8 Å². The first kappa shape index (κ1) is 31.7. The Labute approximate surface area is 265 Å². The molecule has 0 saturated carbocycles. The van der Waals surface area contributed by atoms with E-state index in [2.05, 4.69) is 81.3 Å². The van der Waals surface area contributed by atoms with Gasteiger partial charge in [0.05, 0.1) is 5.52 Å². The lowest BCUT2D eigenvalue weighted by molar-refractivity contribution is -0.137. The van der Waals surface area contributed by atoms with Crippen molar-refractivity contribution in [2.45, 2.75) is 66.0 Å². The molecule has 0 aliphatic carbocycles. The maximum atomic E-state index is 13.6. The van der Waals surface area contributed by atoms with E-state index < -0.39 is 5.97 Å². The fourth-order valence-electron chi connectivity index (χ4n) is 5.73. The lowest BCUT2D eigenvalue weighted by Crippen LogP contribution is -2.10. The van der Waals surface area contributed by atoms with E-state index in [-0.39, 0.29) is 18.3 Å². The van der Waals surface area contributed by atoms with Gasteiger partial charge in [0.2, 0.25) is 5.78 Å². The second-order valence-corrected chi connectivity index (χ2v) is 12.6. The van der Waals surface area contributed by atoms with Crippen LogP contribution in [0.4, 0.5) is 0 Å². The van der Waals surface area contributed by atoms with E-state index >= 15 is 0 Å². The molecule has 1 heterocycles. The Morgan fingerprint density at radius 1 is 0.756 bits per heavy atom. The number of fused-ring (bicyclic) bond motifs is 1. The van der Waals surface area contributed by atoms with E-state index in [0.717, 1.165) is 34.9 Å². The van der Waals surface area contributed by atoms with Crippen LogP contribution in [-0.2, 0) is 24.2 Å². The van der Waals surface area contributed by atoms with Crippen molar-refractivity contribution in [3.8, 4) is 5.75 Å². The van der Waals surface area contributed by atoms with Crippen molar-refractivity contribution >= 4 is 22.7 Å². The molecule has 0 amide bonds. The molecule has 0 atom stereocenters. The number of aromatic nitrogens is 2. The van der Waals surface area contributed by atoms with Gasteiger partial charge in [-0.05, 0) is 83.7 Å². The van der Waals surface area contributed by atoms with Gasteiger partial charge in [0.25, 0.3) is 0 Å². The quantitative estimate of drug-likeness (QED) is 0.129. The summed E-state index contributed by atoms with van der Waals surface area (Å²) in [6, 6.07) is 32.2. The second kappa shape index (κ2) is 14.4. The number of hydrogen-bond acceptors (Lipinski definition) is 4. The maximum absolute atomic E-state index is 13.6. The van der Waals surface area contributed by atoms with Crippen molar-refractivity contribution in [1.29, 1.82) is 0 Å². The van der Waals surface area contributed by atoms with Crippen LogP contribution in [0.15, 0.2) is 97.1 Å². The molecule has 0 unspecified atom stereocenters. The Balaban J connectivity index is 1.39. The molecule has 0 radical (unpaired) electrons. The Kier molecular flexibility index (Phi) is 10.1. The molecule has 0 spiro atoms. The zero-order valence-corrected chi connectivity index (χ0v) is 26.6. The van der Waals surface area contributed by atoms with Gasteiger partial charge in [-0.25, -0.2) is 0 Å². The summed E-state index contributed by atoms with van der Waals surface area (Å²) in [6.07, 6.45) is 2.23. The first-order chi connectivity index (χ1) is 21.7. The highest BCUT2D eigenvalue weighted by atomic mass is 16.5. The monoisotopic (exact) mass is 602 g/mol. The van der Waals surface area contributed by atoms with Crippen LogP contribution < -0.4 is 4.74 Å². The van der Waals surface area contributed by atoms with Gasteiger partial charge in [0, 0.05) is 23.9 Å². The molecule has 5 aromatic rings. The first-order valence-electron chi connectivity index (χ1n) is 15.8. The summed E-state index contributed by atoms with van der Waals surface area (Å²) in [5, 5.41) is 14.4. The molecule has 6 nitrogen and oxygen atoms in total. The zero-order valence-electron chi connectivity index (χ0n) is 26.6. The molecule has 1 N–H and O–H groups in total. The molecular formula is C39H42N2O4. The Morgan fingerprint density at radius 2 is 1.31 bits per heavy atom. The molecule has 0 fully saturated rings. The van der Waals surface area contributed by atoms with Crippen molar-refractivity contribution in [3.63, 3.8) is 0 Å². The minimum absolute atomic E-state index is 0.0457. The number of nitrogens with zero attached hydrogens (tertiary/aromatic N) is 2. The second-order valence-electron chi connectivity index (χ2n) is 12.6. The van der Waals surface area contributed by atoms with Gasteiger partial charge >= 0.3 is 5.97 Å². The number of rotatable bonds is 14. The number of carbonyl (C=O) groups excluding carboxylic acids is 1. The minimum atomic E-state index is -0.849. The fourth-order valence-corrected chi connectivity index (χ4v) is 5.73. The molecule has 6 heteroatoms. The molecule has 5 rings (SSSR count). The van der Waals surface area contributed by atoms with E-state index in [1.165, 1.54) is 11.1 Å². The number of ether oxygens (including phenoxy) is 1. The van der Waals surface area contributed by atoms with Crippen molar-refractivity contribution in [2.75, 3.05) is 0 Å². The van der Waals surface area contributed by atoms with Crippen LogP contribution in [0.3, 0.4) is 0 Å². The summed E-state index contributed by atoms with van der Waals surface area (Å²) in [4.78, 5) is 24.6. The van der Waals surface area contributed by atoms with E-state index in [0.29, 0.717) is 41.8 Å². The van der Waals surface area contributed by atoms with Gasteiger partial charge in [0.1, 0.15) is 17.5 Å². The highest BCUT2D eigenvalue weighted by Crippen LogP contribution is 2.31. The average Bonchev–Trinajstić information content (AvgIpc) is 3.38. The Bertz CT molecular complexity index is 1680. The fraction of sp³-hybridized carbons (Fsp3) is 0.308. The molecular weight excluding hydrogens is 560 g/mol. The van der Waals surface area contributed by atoms with Crippen molar-refractivity contribution in [1.82, 2.24) is 9.78 Å². The van der Waals surface area contributed by atoms with Crippen molar-refractivity contribution in [3.05, 3.63) is 131 Å². The number of para-hydroxylation sites is 1. The SMILES string of the molecule is CC(C)Cc1ccc(C(Oc2ccc(C(=O)c3nn(CCCC(=O)O)c4ccccc34)cc2)c2ccc(CC(C)C)cc2)cc1. The lowest BCUT2D eigenvalue weighted by Gasteiger charge is -2.21. The van der Waals surface area contributed by atoms with E-state index in [4.69, 9.17) is 9.84 Å². The molecule has 0 aliphatic heterocycles. The molecule has 0 aliphatic rings. The molecule has 4 aromatic carbocycles. The number of carboxylic acid groups (broad SMARTS) is 1. The van der Waals surface area contributed by atoms with Crippen LogP contribution >= 0.6 is 0 Å². The topological polar surface area (TPSA) is 81.4 Å². The van der Waals surface area contributed by atoms with E-state index in [9.17, 15) is 9.59 Å². The molecule has 1 aromatic heterocycles. The third-order valence-electron chi connectivity index (χ3n) is 7.86. The zero-order chi connectivity index (χ0) is 31.9. The number of carbonyl (C=O) groups is 2. The van der Waals surface area contributed by atoms with E-state index in [1.807, 2.05) is 36.4 Å². The molecule has 0 saturated heterocycles. The summed E-state index contributed by atoms with van der Waals surface area (Å²) in [7, 11) is 0. The summed E-state index contributed by atoms with van der Waals surface area (Å²) < 4.78 is 8.36. The number of carboxylic acids is 1. The number of hydrogen-bond donors (Lipinski definition) is 1. The average molecular weight is 603 g/mol. The molecule has 0 bridgehead atoms. The summed E-state index contributed by atoms with van der Waals surface area (Å²) in [5.74, 6) is 0.798. The minimum Gasteiger partial charge on any atom is -0.481 e. The number of aryl methyl sites for hydroxylation is 1. The van der Waals surface area contributed by atoms with Crippen molar-refractivity contribution < 1.29 is 19.4 Å². The van der Waals surface area contributed by atoms with Gasteiger partial charge in [-0.15, -0.1) is 0 Å². The van der Waals surface area contributed by atoms with Crippen LogP contribution in [-0.4, -0.2) is 26.6 Å². The van der Waals surface area contributed by atoms with E-state index in [1.54, 1.807) is 16.8 Å². The highest BCUT2D eigenvalue weighted by Gasteiger charge is 2.21. The summed E-state index contributed by atoms with van der Waals surface area (Å²) in [6.45, 7) is 9.32. The van der Waals surface area contributed by atoms with Crippen LogP contribution in [0.5, 0.6) is 5.75 Å². The van der Waals surface area contributed by atoms with Gasteiger partial charge in [0.15, 0.2) is 0 Å². The highest BCUT2D eigenvalue weighted by molar-refractivity contribution is 6.14. The number of ketones is 1. The van der Waals surface area contributed by atoms with Crippen LogP contribution in [0.1, 0.15) is 84.9 Å². The van der Waals surface area contributed by atoms with Gasteiger partial charge in [-0.1, -0.05) is 94.4 Å². The summed E-state index contributed by atoms with van der Waals surface area (Å²) in [5.41, 5.74) is 6.43. The van der Waals surface area contributed by atoms with Crippen LogP contribution in [0.25, 0.3) is 10.9 Å². The maximum Gasteiger partial charge on any atom is 0.303 e. The Hall–Kier alpha value is -4.71. The van der Waals surface area contributed by atoms with Gasteiger partial charge < -0.3 is 9.84 Å². The predicted molar refractivity (Wildman–Crippen MR) is 179 cm³/mol. The number of aliphatic carboxylic acids is 1. The standard InChI is InChI=1S/C39H42N2O4/c1-26(2)24-28-11-15-31(16-12-28)39(32-17-13-29(14-18-32)25-27(3)4)45-33-21-19-30(20-22-33)38(44)37-34-8-5-6-9-35(34)41(40-37)23-7-10-36(42)43/h5-6,8-9,11-22,26-27,39H,7,10,23-25H2,1-4H3,(H,42,43). The smallest absolute Gasteiger partial charge is 0.303 e. The predicted octanol–water partition coefficient (Wildman–Crippen LogP) is 8.70. The first-order valence-corrected chi connectivity index (χ1v) is 15.8. The lowest BCUT2D eigenvalue weighted by atomic mass is 9.95. The van der Waals surface area contributed by atoms with Gasteiger partial charge in [-0.3, -0.25) is 14.3 Å². The van der Waals surface area contributed by atoms with Crippen LogP contribution in [0, 0.1) is 11.8 Å². The Morgan fingerprint density at radius 3 is 1.84 bits per heavy atom. The van der Waals surface area contributed by atoms with Crippen LogP contribution in [0.2, 0.25) is 0 Å². The summed E-state index contributed by atoms with van der Waals surface area (Å²) >= 11 is 0. The van der Waals surface area contributed by atoms with Gasteiger partial charge in [-0.2, -0.15) is 5.10 Å². The molecule has 232 valence electrons.